The van der Waals surface area contributed by atoms with Crippen molar-refractivity contribution < 1.29 is 13.8 Å². The van der Waals surface area contributed by atoms with Gasteiger partial charge in [0.05, 0.1) is 17.2 Å². The molecule has 0 saturated heterocycles. The molecular formula is C13H9BClFN2O2S2. The van der Waals surface area contributed by atoms with Gasteiger partial charge in [-0.25, -0.2) is 0 Å². The molecule has 0 aliphatic carbocycles. The fourth-order valence-corrected chi connectivity index (χ4v) is 2.82. The second-order valence-electron chi connectivity index (χ2n) is 4.12. The van der Waals surface area contributed by atoms with Gasteiger partial charge in [-0.05, 0) is 30.3 Å². The van der Waals surface area contributed by atoms with Crippen LogP contribution in [0.4, 0.5) is 9.57 Å². The topological polar surface area (TPSA) is 62.2 Å². The number of aromatic nitrogens is 1. The Bertz CT molecular complexity index is 676. The predicted octanol–water partition coefficient (Wildman–Crippen LogP) is 3.47. The zero-order chi connectivity index (χ0) is 16.2. The summed E-state index contributed by atoms with van der Waals surface area (Å²) in [5, 5.41) is 12.4. The highest BCUT2D eigenvalue weighted by Gasteiger charge is 2.24. The summed E-state index contributed by atoms with van der Waals surface area (Å²) in [7, 11) is 5.31. The molecule has 0 spiro atoms. The number of hydrogen-bond acceptors (Lipinski definition) is 5. The summed E-state index contributed by atoms with van der Waals surface area (Å²) < 4.78 is 10.4. The Labute approximate surface area is 141 Å². The maximum atomic E-state index is 12.5. The van der Waals surface area contributed by atoms with Crippen LogP contribution in [0.5, 0.6) is 0 Å². The molecule has 4 nitrogen and oxygen atoms in total. The molecule has 9 heteroatoms. The van der Waals surface area contributed by atoms with E-state index in [0.717, 1.165) is 0 Å². The van der Waals surface area contributed by atoms with Crippen molar-refractivity contribution in [2.45, 2.75) is 9.06 Å². The second kappa shape index (κ2) is 7.37. The van der Waals surface area contributed by atoms with Crippen LogP contribution < -0.4 is 5.32 Å². The van der Waals surface area contributed by atoms with E-state index in [1.807, 2.05) is 0 Å². The number of aliphatic hydroxyl groups is 1. The number of benzene rings is 1. The van der Waals surface area contributed by atoms with Gasteiger partial charge >= 0.3 is 0 Å². The van der Waals surface area contributed by atoms with Gasteiger partial charge in [-0.1, -0.05) is 29.4 Å². The van der Waals surface area contributed by atoms with Gasteiger partial charge in [-0.15, -0.1) is 0 Å². The van der Waals surface area contributed by atoms with Crippen LogP contribution in [-0.4, -0.2) is 28.0 Å². The summed E-state index contributed by atoms with van der Waals surface area (Å²) in [5.74, 6) is -0.401. The van der Waals surface area contributed by atoms with E-state index in [4.69, 9.17) is 19.4 Å². The molecule has 2 N–H and O–H groups in total. The Morgan fingerprint density at radius 3 is 2.82 bits per heavy atom. The van der Waals surface area contributed by atoms with Gasteiger partial charge in [0.2, 0.25) is 0 Å². The number of rotatable bonds is 5. The van der Waals surface area contributed by atoms with Gasteiger partial charge in [0, 0.05) is 16.8 Å². The first-order valence-electron chi connectivity index (χ1n) is 5.93. The van der Waals surface area contributed by atoms with Crippen molar-refractivity contribution in [3.05, 3.63) is 53.3 Å². The largest absolute Gasteiger partial charge is 0.376 e. The van der Waals surface area contributed by atoms with E-state index in [9.17, 15) is 13.8 Å². The number of nitrogens with zero attached hydrogens (tertiary/aromatic N) is 1. The molecule has 0 saturated carbocycles. The predicted molar refractivity (Wildman–Crippen MR) is 88.9 cm³/mol. The van der Waals surface area contributed by atoms with E-state index in [0.29, 0.717) is 22.3 Å². The molecule has 0 aliphatic heterocycles. The number of thioether (sulfide) groups is 1. The molecular weight excluding hydrogens is 346 g/mol. The molecule has 2 radical (unpaired) electrons. The van der Waals surface area contributed by atoms with Crippen LogP contribution in [0.1, 0.15) is 10.5 Å². The lowest BCUT2D eigenvalue weighted by Gasteiger charge is -2.18. The lowest BCUT2D eigenvalue weighted by molar-refractivity contribution is 0.102. The Morgan fingerprint density at radius 1 is 1.41 bits per heavy atom. The van der Waals surface area contributed by atoms with E-state index in [1.54, 1.807) is 24.3 Å². The van der Waals surface area contributed by atoms with Gasteiger partial charge < -0.3 is 10.4 Å². The highest BCUT2D eigenvalue weighted by atomic mass is 35.5. The van der Waals surface area contributed by atoms with E-state index < -0.39 is 22.2 Å². The highest BCUT2D eigenvalue weighted by Crippen LogP contribution is 2.41. The fraction of sp³-hybridized carbons (Fsp3) is 0.0769. The van der Waals surface area contributed by atoms with Gasteiger partial charge in [0.1, 0.15) is 17.7 Å². The zero-order valence-electron chi connectivity index (χ0n) is 11.0. The quantitative estimate of drug-likeness (QED) is 0.489. The molecule has 1 unspecified atom stereocenters. The maximum absolute atomic E-state index is 12.5. The molecule has 1 heterocycles. The van der Waals surface area contributed by atoms with Crippen LogP contribution in [0.25, 0.3) is 0 Å². The van der Waals surface area contributed by atoms with Crippen molar-refractivity contribution in [1.82, 2.24) is 4.98 Å². The molecule has 1 amide bonds. The SMILES string of the molecule is [B]C(O)(SF)Sc1cc(NC(=O)c2ccccn2)ccc1Cl. The molecule has 1 aromatic heterocycles. The van der Waals surface area contributed by atoms with Crippen molar-refractivity contribution in [3.63, 3.8) is 0 Å². The first-order valence-corrected chi connectivity index (χ1v) is 7.84. The van der Waals surface area contributed by atoms with Crippen LogP contribution in [0.15, 0.2) is 47.5 Å². The molecule has 0 fully saturated rings. The van der Waals surface area contributed by atoms with E-state index >= 15 is 0 Å². The van der Waals surface area contributed by atoms with E-state index in [1.165, 1.54) is 18.3 Å². The first kappa shape index (κ1) is 17.1. The van der Waals surface area contributed by atoms with Crippen LogP contribution in [0.3, 0.4) is 0 Å². The number of hydrogen-bond donors (Lipinski definition) is 2. The third-order valence-electron chi connectivity index (χ3n) is 2.45. The third-order valence-corrected chi connectivity index (χ3v) is 4.41. The summed E-state index contributed by atoms with van der Waals surface area (Å²) in [4.78, 5) is 16.3. The summed E-state index contributed by atoms with van der Waals surface area (Å²) in [6, 6.07) is 9.53. The minimum absolute atomic E-state index is 0.251. The van der Waals surface area contributed by atoms with Crippen LogP contribution in [0.2, 0.25) is 5.02 Å². The minimum atomic E-state index is -2.16. The van der Waals surface area contributed by atoms with Crippen LogP contribution in [-0.2, 0) is 0 Å². The number of halogens is 2. The lowest BCUT2D eigenvalue weighted by atomic mass is 10.2. The van der Waals surface area contributed by atoms with Crippen LogP contribution >= 0.6 is 35.5 Å². The highest BCUT2D eigenvalue weighted by molar-refractivity contribution is 8.17. The monoisotopic (exact) mass is 354 g/mol. The van der Waals surface area contributed by atoms with Crippen molar-refractivity contribution in [2.24, 2.45) is 0 Å². The van der Waals surface area contributed by atoms with E-state index in [2.05, 4.69) is 10.3 Å². The van der Waals surface area contributed by atoms with Crippen molar-refractivity contribution in [1.29, 1.82) is 0 Å². The molecule has 112 valence electrons. The van der Waals surface area contributed by atoms with Crippen LogP contribution in [0, 0.1) is 0 Å². The molecule has 1 aromatic carbocycles. The Morgan fingerprint density at radius 2 is 2.18 bits per heavy atom. The second-order valence-corrected chi connectivity index (χ2v) is 6.83. The van der Waals surface area contributed by atoms with Crippen molar-refractivity contribution in [2.75, 3.05) is 5.32 Å². The number of carbonyl (C=O) groups excluding carboxylic acids is 1. The Hall–Kier alpha value is -1.22. The number of pyridine rings is 1. The summed E-state index contributed by atoms with van der Waals surface area (Å²) in [5.41, 5.74) is 0.670. The number of carbonyl (C=O) groups is 1. The smallest absolute Gasteiger partial charge is 0.274 e. The Kier molecular flexibility index (Phi) is 5.74. The Balaban J connectivity index is 2.17. The van der Waals surface area contributed by atoms with E-state index in [-0.39, 0.29) is 10.7 Å². The summed E-state index contributed by atoms with van der Waals surface area (Å²) >= 11 is 6.19. The third kappa shape index (κ3) is 4.64. The van der Waals surface area contributed by atoms with Gasteiger partial charge in [-0.3, -0.25) is 9.78 Å². The average molecular weight is 355 g/mol. The lowest BCUT2D eigenvalue weighted by Crippen LogP contribution is -2.17. The number of anilines is 1. The standard InChI is InChI=1S/C13H9BClFN2O2S2/c14-13(20,22-16)21-11-7-8(4-5-9(11)15)18-12(19)10-3-1-2-6-17-10/h1-7,20H,(H,18,19). The molecule has 0 bridgehead atoms. The number of amides is 1. The number of nitrogens with one attached hydrogen (secondary N) is 1. The molecule has 1 atom stereocenters. The van der Waals surface area contributed by atoms with Crippen molar-refractivity contribution >= 4 is 55.0 Å². The van der Waals surface area contributed by atoms with Gasteiger partial charge in [0.25, 0.3) is 5.91 Å². The molecule has 2 aromatic rings. The molecule has 0 aliphatic rings. The maximum Gasteiger partial charge on any atom is 0.274 e. The zero-order valence-corrected chi connectivity index (χ0v) is 13.4. The molecule has 22 heavy (non-hydrogen) atoms. The average Bonchev–Trinajstić information content (AvgIpc) is 2.51. The summed E-state index contributed by atoms with van der Waals surface area (Å²) in [6.07, 6.45) is 1.51. The van der Waals surface area contributed by atoms with Crippen molar-refractivity contribution in [3.8, 4) is 0 Å². The minimum Gasteiger partial charge on any atom is -0.376 e. The first-order chi connectivity index (χ1) is 10.4. The summed E-state index contributed by atoms with van der Waals surface area (Å²) in [6.45, 7) is 0. The molecule has 2 rings (SSSR count). The normalized spacial score (nSPS) is 13.4. The van der Waals surface area contributed by atoms with Gasteiger partial charge in [0.15, 0.2) is 0 Å². The van der Waals surface area contributed by atoms with Gasteiger partial charge in [-0.2, -0.15) is 3.89 Å². The fourth-order valence-electron chi connectivity index (χ4n) is 1.52.